The smallest absolute Gasteiger partial charge is 0.126 e. The van der Waals surface area contributed by atoms with E-state index < -0.39 is 0 Å². The molecule has 0 aliphatic rings. The number of pyridine rings is 1. The molecule has 78 valence electrons. The lowest BCUT2D eigenvalue weighted by Crippen LogP contribution is -1.94. The molecule has 0 spiro atoms. The number of benzene rings is 1. The lowest BCUT2D eigenvalue weighted by Gasteiger charge is -2.07. The van der Waals surface area contributed by atoms with Gasteiger partial charge in [-0.1, -0.05) is 0 Å². The van der Waals surface area contributed by atoms with Crippen molar-refractivity contribution in [2.45, 2.75) is 6.92 Å². The zero-order valence-corrected chi connectivity index (χ0v) is 9.16. The third-order valence-electron chi connectivity index (χ3n) is 2.48. The van der Waals surface area contributed by atoms with Crippen molar-refractivity contribution < 1.29 is 4.74 Å². The summed E-state index contributed by atoms with van der Waals surface area (Å²) in [6.45, 7) is 2.07. The maximum absolute atomic E-state index is 5.19. The highest BCUT2D eigenvalue weighted by Gasteiger charge is 2.02. The first kappa shape index (κ1) is 9.77. The van der Waals surface area contributed by atoms with Gasteiger partial charge in [0.2, 0.25) is 0 Å². The van der Waals surface area contributed by atoms with Crippen LogP contribution >= 0.6 is 0 Å². The Labute approximate surface area is 89.1 Å². The van der Waals surface area contributed by atoms with Crippen LogP contribution in [0.15, 0.2) is 24.3 Å². The van der Waals surface area contributed by atoms with Gasteiger partial charge in [0.25, 0.3) is 0 Å². The summed E-state index contributed by atoms with van der Waals surface area (Å²) >= 11 is 0. The summed E-state index contributed by atoms with van der Waals surface area (Å²) in [5.74, 6) is 1.76. The van der Waals surface area contributed by atoms with Crippen LogP contribution in [-0.4, -0.2) is 19.1 Å². The minimum atomic E-state index is 0.865. The highest BCUT2D eigenvalue weighted by Crippen LogP contribution is 2.24. The van der Waals surface area contributed by atoms with Gasteiger partial charge in [-0.2, -0.15) is 0 Å². The minimum Gasteiger partial charge on any atom is -0.497 e. The monoisotopic (exact) mass is 202 g/mol. The average Bonchev–Trinajstić information content (AvgIpc) is 2.28. The SMILES string of the molecule is CNc1cc(C)c2cc(OC)ccc2n1. The fraction of sp³-hybridized carbons (Fsp3) is 0.250. The van der Waals surface area contributed by atoms with Crippen LogP contribution in [0.4, 0.5) is 5.82 Å². The molecule has 0 atom stereocenters. The Hall–Kier alpha value is -1.77. The first-order chi connectivity index (χ1) is 7.24. The summed E-state index contributed by atoms with van der Waals surface area (Å²) in [5.41, 5.74) is 2.18. The van der Waals surface area contributed by atoms with Gasteiger partial charge >= 0.3 is 0 Å². The maximum Gasteiger partial charge on any atom is 0.126 e. The van der Waals surface area contributed by atoms with Gasteiger partial charge in [-0.25, -0.2) is 4.98 Å². The number of aromatic nitrogens is 1. The van der Waals surface area contributed by atoms with Crippen molar-refractivity contribution in [3.63, 3.8) is 0 Å². The number of ether oxygens (including phenoxy) is 1. The number of hydrogen-bond acceptors (Lipinski definition) is 3. The molecule has 1 heterocycles. The Morgan fingerprint density at radius 2 is 2.07 bits per heavy atom. The molecular formula is C12H14N2O. The molecule has 0 fully saturated rings. The third-order valence-corrected chi connectivity index (χ3v) is 2.48. The number of methoxy groups -OCH3 is 1. The van der Waals surface area contributed by atoms with Crippen LogP contribution in [-0.2, 0) is 0 Å². The highest BCUT2D eigenvalue weighted by atomic mass is 16.5. The van der Waals surface area contributed by atoms with E-state index in [4.69, 9.17) is 4.74 Å². The number of aryl methyl sites for hydroxylation is 1. The van der Waals surface area contributed by atoms with Crippen molar-refractivity contribution in [1.82, 2.24) is 4.98 Å². The lowest BCUT2D eigenvalue weighted by atomic mass is 10.1. The normalized spacial score (nSPS) is 10.3. The molecule has 3 heteroatoms. The molecule has 1 aromatic carbocycles. The third kappa shape index (κ3) is 1.73. The molecule has 0 amide bonds. The molecule has 0 saturated heterocycles. The Balaban J connectivity index is 2.68. The Bertz CT molecular complexity index is 494. The van der Waals surface area contributed by atoms with Gasteiger partial charge in [-0.15, -0.1) is 0 Å². The summed E-state index contributed by atoms with van der Waals surface area (Å²) in [5, 5.41) is 4.18. The summed E-state index contributed by atoms with van der Waals surface area (Å²) in [7, 11) is 3.54. The van der Waals surface area contributed by atoms with Crippen LogP contribution in [0.1, 0.15) is 5.56 Å². The standard InChI is InChI=1S/C12H14N2O/c1-8-6-12(13-2)14-11-5-4-9(15-3)7-10(8)11/h4-7H,1-3H3,(H,13,14). The predicted octanol–water partition coefficient (Wildman–Crippen LogP) is 2.59. The zero-order valence-electron chi connectivity index (χ0n) is 9.16. The van der Waals surface area contributed by atoms with Gasteiger partial charge < -0.3 is 10.1 Å². The van der Waals surface area contributed by atoms with Crippen molar-refractivity contribution in [1.29, 1.82) is 0 Å². The van der Waals surface area contributed by atoms with Gasteiger partial charge in [0.1, 0.15) is 11.6 Å². The average molecular weight is 202 g/mol. The maximum atomic E-state index is 5.19. The van der Waals surface area contributed by atoms with E-state index in [1.807, 2.05) is 31.3 Å². The molecular weight excluding hydrogens is 188 g/mol. The Morgan fingerprint density at radius 1 is 1.27 bits per heavy atom. The van der Waals surface area contributed by atoms with Crippen LogP contribution in [0.25, 0.3) is 10.9 Å². The molecule has 0 bridgehead atoms. The molecule has 1 aromatic heterocycles. The molecule has 0 radical (unpaired) electrons. The fourth-order valence-electron chi connectivity index (χ4n) is 1.63. The molecule has 15 heavy (non-hydrogen) atoms. The number of fused-ring (bicyclic) bond motifs is 1. The van der Waals surface area contributed by atoms with Crippen molar-refractivity contribution >= 4 is 16.7 Å². The summed E-state index contributed by atoms with van der Waals surface area (Å²) in [6.07, 6.45) is 0. The van der Waals surface area contributed by atoms with E-state index in [1.165, 1.54) is 5.56 Å². The Kier molecular flexibility index (Phi) is 2.46. The molecule has 3 nitrogen and oxygen atoms in total. The minimum absolute atomic E-state index is 0.865. The summed E-state index contributed by atoms with van der Waals surface area (Å²) in [6, 6.07) is 7.94. The summed E-state index contributed by atoms with van der Waals surface area (Å²) in [4.78, 5) is 4.46. The second kappa shape index (κ2) is 3.77. The molecule has 2 aromatic rings. The topological polar surface area (TPSA) is 34.1 Å². The number of nitrogens with zero attached hydrogens (tertiary/aromatic N) is 1. The Morgan fingerprint density at radius 3 is 2.73 bits per heavy atom. The van der Waals surface area contributed by atoms with Gasteiger partial charge in [0.05, 0.1) is 12.6 Å². The van der Waals surface area contributed by atoms with Crippen LogP contribution in [0.3, 0.4) is 0 Å². The van der Waals surface area contributed by atoms with E-state index in [1.54, 1.807) is 7.11 Å². The zero-order chi connectivity index (χ0) is 10.8. The summed E-state index contributed by atoms with van der Waals surface area (Å²) < 4.78 is 5.19. The van der Waals surface area contributed by atoms with E-state index in [-0.39, 0.29) is 0 Å². The molecule has 0 aliphatic carbocycles. The van der Waals surface area contributed by atoms with Crippen molar-refractivity contribution in [2.75, 3.05) is 19.5 Å². The van der Waals surface area contributed by atoms with Crippen molar-refractivity contribution in [2.24, 2.45) is 0 Å². The molecule has 0 unspecified atom stereocenters. The highest BCUT2D eigenvalue weighted by molar-refractivity contribution is 5.85. The molecule has 1 N–H and O–H groups in total. The van der Waals surface area contributed by atoms with E-state index in [2.05, 4.69) is 17.2 Å². The van der Waals surface area contributed by atoms with Crippen LogP contribution in [0, 0.1) is 6.92 Å². The van der Waals surface area contributed by atoms with Gasteiger partial charge in [0, 0.05) is 12.4 Å². The predicted molar refractivity (Wildman–Crippen MR) is 62.6 cm³/mol. The van der Waals surface area contributed by atoms with Gasteiger partial charge in [-0.3, -0.25) is 0 Å². The van der Waals surface area contributed by atoms with E-state index >= 15 is 0 Å². The molecule has 0 saturated carbocycles. The second-order valence-electron chi connectivity index (χ2n) is 3.46. The molecule has 2 rings (SSSR count). The van der Waals surface area contributed by atoms with Crippen LogP contribution in [0.2, 0.25) is 0 Å². The number of nitrogens with one attached hydrogen (secondary N) is 1. The fourth-order valence-corrected chi connectivity index (χ4v) is 1.63. The van der Waals surface area contributed by atoms with Crippen LogP contribution in [0.5, 0.6) is 5.75 Å². The quantitative estimate of drug-likeness (QED) is 0.812. The van der Waals surface area contributed by atoms with Crippen molar-refractivity contribution in [3.05, 3.63) is 29.8 Å². The second-order valence-corrected chi connectivity index (χ2v) is 3.46. The van der Waals surface area contributed by atoms with Gasteiger partial charge in [-0.05, 0) is 36.8 Å². The van der Waals surface area contributed by atoms with Gasteiger partial charge in [0.15, 0.2) is 0 Å². The van der Waals surface area contributed by atoms with Crippen LogP contribution < -0.4 is 10.1 Å². The number of anilines is 1. The first-order valence-corrected chi connectivity index (χ1v) is 4.87. The van der Waals surface area contributed by atoms with E-state index in [0.717, 1.165) is 22.5 Å². The van der Waals surface area contributed by atoms with Crippen molar-refractivity contribution in [3.8, 4) is 5.75 Å². The lowest BCUT2D eigenvalue weighted by molar-refractivity contribution is 0.415. The molecule has 0 aliphatic heterocycles. The van der Waals surface area contributed by atoms with E-state index in [9.17, 15) is 0 Å². The number of rotatable bonds is 2. The first-order valence-electron chi connectivity index (χ1n) is 4.87. The largest absolute Gasteiger partial charge is 0.497 e. The van der Waals surface area contributed by atoms with E-state index in [0.29, 0.717) is 0 Å². The number of hydrogen-bond donors (Lipinski definition) is 1.